The summed E-state index contributed by atoms with van der Waals surface area (Å²) in [4.78, 5) is 50.4. The number of aliphatic hydroxyl groups excluding tert-OH is 1. The zero-order valence-corrected chi connectivity index (χ0v) is 20.1. The van der Waals surface area contributed by atoms with E-state index in [0.717, 1.165) is 0 Å². The summed E-state index contributed by atoms with van der Waals surface area (Å²) >= 11 is 6.03. The smallest absolute Gasteiger partial charge is 0.289 e. The highest BCUT2D eigenvalue weighted by Crippen LogP contribution is 2.41. The summed E-state index contributed by atoms with van der Waals surface area (Å²) in [7, 11) is 1.27. The summed E-state index contributed by atoms with van der Waals surface area (Å²) in [5.74, 6) is -8.66. The van der Waals surface area contributed by atoms with E-state index in [9.17, 15) is 33.1 Å². The topological polar surface area (TPSA) is 137 Å². The fourth-order valence-corrected chi connectivity index (χ4v) is 4.81. The molecular weight excluding hydrogens is 486 g/mol. The fraction of sp³-hybridized carbons (Fsp3) is 0.565. The maximum absolute atomic E-state index is 14.0. The highest BCUT2D eigenvalue weighted by Gasteiger charge is 2.48. The standard InChI is InChI=1S/C23H29ClF2N4O5/c1-11-8-12(19(32)28-11)9-17(18(31)22(35)27-2)30-20(33)14-10-13(24)5-6-16(14)29-21(34)15-4-3-7-23(15,25)26/h5-6,10-12,15,17,19,28,32H,3-4,7-9H2,1-2H3,(H,27,35)(H,29,34)(H,30,33)/t11-,12+,15?,17+,19?/m1/s1. The Balaban J connectivity index is 1.82. The zero-order chi connectivity index (χ0) is 25.9. The first kappa shape index (κ1) is 27.0. The summed E-state index contributed by atoms with van der Waals surface area (Å²) in [5, 5.41) is 20.4. The van der Waals surface area contributed by atoms with Gasteiger partial charge in [-0.05, 0) is 50.8 Å². The normalized spacial score (nSPS) is 26.1. The maximum atomic E-state index is 14.0. The summed E-state index contributed by atoms with van der Waals surface area (Å²) in [6, 6.07) is 2.62. The minimum atomic E-state index is -3.14. The van der Waals surface area contributed by atoms with Gasteiger partial charge in [-0.2, -0.15) is 0 Å². The molecule has 5 N–H and O–H groups in total. The van der Waals surface area contributed by atoms with E-state index in [1.165, 1.54) is 25.2 Å². The molecule has 1 aliphatic heterocycles. The van der Waals surface area contributed by atoms with Crippen LogP contribution in [0.25, 0.3) is 0 Å². The fourth-order valence-electron chi connectivity index (χ4n) is 4.64. The third kappa shape index (κ3) is 6.33. The number of ketones is 1. The van der Waals surface area contributed by atoms with Crippen LogP contribution in [0.2, 0.25) is 5.02 Å². The van der Waals surface area contributed by atoms with Gasteiger partial charge in [0.05, 0.1) is 17.3 Å². The number of benzene rings is 1. The molecule has 2 unspecified atom stereocenters. The molecule has 2 fully saturated rings. The number of alkyl halides is 2. The number of halogens is 3. The minimum Gasteiger partial charge on any atom is -0.378 e. The second-order valence-electron chi connectivity index (χ2n) is 9.10. The molecule has 3 amide bonds. The first-order valence-electron chi connectivity index (χ1n) is 11.4. The Morgan fingerprint density at radius 2 is 2.00 bits per heavy atom. The Kier molecular flexibility index (Phi) is 8.45. The lowest BCUT2D eigenvalue weighted by Gasteiger charge is -2.23. The molecular formula is C23H29ClF2N4O5. The third-order valence-electron chi connectivity index (χ3n) is 6.48. The lowest BCUT2D eigenvalue weighted by Crippen LogP contribution is -2.48. The molecule has 1 heterocycles. The van der Waals surface area contributed by atoms with E-state index >= 15 is 0 Å². The first-order chi connectivity index (χ1) is 16.4. The highest BCUT2D eigenvalue weighted by atomic mass is 35.5. The number of hydrogen-bond donors (Lipinski definition) is 5. The summed E-state index contributed by atoms with van der Waals surface area (Å²) in [6.45, 7) is 1.85. The molecule has 35 heavy (non-hydrogen) atoms. The zero-order valence-electron chi connectivity index (χ0n) is 19.4. The van der Waals surface area contributed by atoms with Crippen molar-refractivity contribution in [2.75, 3.05) is 12.4 Å². The monoisotopic (exact) mass is 514 g/mol. The van der Waals surface area contributed by atoms with Gasteiger partial charge in [-0.15, -0.1) is 0 Å². The average molecular weight is 515 g/mol. The molecule has 1 saturated carbocycles. The van der Waals surface area contributed by atoms with Crippen molar-refractivity contribution < 1.29 is 33.1 Å². The van der Waals surface area contributed by atoms with Gasteiger partial charge in [-0.1, -0.05) is 11.6 Å². The van der Waals surface area contributed by atoms with Crippen molar-refractivity contribution in [1.82, 2.24) is 16.0 Å². The maximum Gasteiger partial charge on any atom is 0.289 e. The molecule has 0 spiro atoms. The summed E-state index contributed by atoms with van der Waals surface area (Å²) in [5.41, 5.74) is -0.206. The average Bonchev–Trinajstić information content (AvgIpc) is 3.32. The van der Waals surface area contributed by atoms with Gasteiger partial charge in [0, 0.05) is 30.5 Å². The van der Waals surface area contributed by atoms with Crippen molar-refractivity contribution in [3.63, 3.8) is 0 Å². The van der Waals surface area contributed by atoms with E-state index in [-0.39, 0.29) is 48.0 Å². The van der Waals surface area contributed by atoms with Gasteiger partial charge in [0.1, 0.15) is 12.1 Å². The van der Waals surface area contributed by atoms with E-state index in [2.05, 4.69) is 21.3 Å². The largest absolute Gasteiger partial charge is 0.378 e. The molecule has 5 atom stereocenters. The van der Waals surface area contributed by atoms with E-state index in [1.54, 1.807) is 0 Å². The Hall–Kier alpha value is -2.63. The molecule has 192 valence electrons. The van der Waals surface area contributed by atoms with Crippen LogP contribution in [-0.2, 0) is 14.4 Å². The van der Waals surface area contributed by atoms with Gasteiger partial charge in [-0.25, -0.2) is 8.78 Å². The predicted molar refractivity (Wildman–Crippen MR) is 124 cm³/mol. The van der Waals surface area contributed by atoms with Gasteiger partial charge in [-0.3, -0.25) is 24.5 Å². The number of carbonyl (C=O) groups excluding carboxylic acids is 4. The van der Waals surface area contributed by atoms with E-state index in [1.807, 2.05) is 6.92 Å². The van der Waals surface area contributed by atoms with Crippen molar-refractivity contribution in [2.45, 2.75) is 63.3 Å². The van der Waals surface area contributed by atoms with Gasteiger partial charge in [0.25, 0.3) is 17.7 Å². The number of Topliss-reactive ketones (excluding diaryl/α,β-unsaturated/α-hetero) is 1. The second-order valence-corrected chi connectivity index (χ2v) is 9.53. The van der Waals surface area contributed by atoms with Gasteiger partial charge in [0.2, 0.25) is 11.7 Å². The molecule has 12 heteroatoms. The molecule has 0 radical (unpaired) electrons. The quantitative estimate of drug-likeness (QED) is 0.336. The van der Waals surface area contributed by atoms with Crippen LogP contribution in [0, 0.1) is 11.8 Å². The Bertz CT molecular complexity index is 1010. The molecule has 0 aromatic heterocycles. The van der Waals surface area contributed by atoms with Crippen molar-refractivity contribution in [3.8, 4) is 0 Å². The van der Waals surface area contributed by atoms with Crippen LogP contribution in [0.3, 0.4) is 0 Å². The predicted octanol–water partition coefficient (Wildman–Crippen LogP) is 1.83. The lowest BCUT2D eigenvalue weighted by molar-refractivity contribution is -0.139. The van der Waals surface area contributed by atoms with Crippen molar-refractivity contribution in [1.29, 1.82) is 0 Å². The lowest BCUT2D eigenvalue weighted by atomic mass is 9.93. The molecule has 0 bridgehead atoms. The molecule has 1 aromatic rings. The Morgan fingerprint density at radius 3 is 2.57 bits per heavy atom. The van der Waals surface area contributed by atoms with Gasteiger partial charge in [0.15, 0.2) is 0 Å². The highest BCUT2D eigenvalue weighted by molar-refractivity contribution is 6.38. The number of nitrogens with one attached hydrogen (secondary N) is 4. The van der Waals surface area contributed by atoms with Crippen molar-refractivity contribution in [3.05, 3.63) is 28.8 Å². The van der Waals surface area contributed by atoms with Crippen LogP contribution in [-0.4, -0.2) is 59.9 Å². The summed E-state index contributed by atoms with van der Waals surface area (Å²) < 4.78 is 28.1. The SMILES string of the molecule is CNC(=O)C(=O)[C@H](C[C@@H]1C[C@@H](C)NC1O)NC(=O)c1cc(Cl)ccc1NC(=O)C1CCCC1(F)F. The number of likely N-dealkylation sites (N-methyl/N-ethyl adjacent to an activating group) is 1. The number of carbonyl (C=O) groups is 4. The van der Waals surface area contributed by atoms with Crippen LogP contribution in [0.1, 0.15) is 49.4 Å². The molecule has 2 aliphatic rings. The number of rotatable bonds is 8. The molecule has 9 nitrogen and oxygen atoms in total. The van der Waals surface area contributed by atoms with Crippen molar-refractivity contribution >= 4 is 40.8 Å². The van der Waals surface area contributed by atoms with Crippen molar-refractivity contribution in [2.24, 2.45) is 11.8 Å². The molecule has 1 aromatic carbocycles. The first-order valence-corrected chi connectivity index (χ1v) is 11.8. The van der Waals surface area contributed by atoms with Gasteiger partial charge >= 0.3 is 0 Å². The van der Waals surface area contributed by atoms with E-state index in [0.29, 0.717) is 6.42 Å². The number of anilines is 1. The van der Waals surface area contributed by atoms with E-state index in [4.69, 9.17) is 11.6 Å². The van der Waals surface area contributed by atoms with Crippen LogP contribution in [0.15, 0.2) is 18.2 Å². The third-order valence-corrected chi connectivity index (χ3v) is 6.72. The number of aliphatic hydroxyl groups is 1. The summed E-state index contributed by atoms with van der Waals surface area (Å²) in [6.07, 6.45) is -0.579. The van der Waals surface area contributed by atoms with E-state index < -0.39 is 53.5 Å². The molecule has 3 rings (SSSR count). The van der Waals surface area contributed by atoms with Crippen LogP contribution in [0.5, 0.6) is 0 Å². The molecule has 1 aliphatic carbocycles. The van der Waals surface area contributed by atoms with Crippen LogP contribution in [0.4, 0.5) is 14.5 Å². The Morgan fingerprint density at radius 1 is 1.29 bits per heavy atom. The number of hydrogen-bond acceptors (Lipinski definition) is 6. The number of amides is 3. The van der Waals surface area contributed by atoms with Crippen LogP contribution >= 0.6 is 11.6 Å². The van der Waals surface area contributed by atoms with Gasteiger partial charge < -0.3 is 21.1 Å². The molecule has 1 saturated heterocycles. The second kappa shape index (κ2) is 11.0. The van der Waals surface area contributed by atoms with Crippen LogP contribution < -0.4 is 21.3 Å². The minimum absolute atomic E-state index is 0.0207. The Labute approximate surface area is 206 Å².